The Morgan fingerprint density at radius 3 is 2.47 bits per heavy atom. The maximum atomic E-state index is 13.1. The Hall–Kier alpha value is -4.33. The molecule has 0 spiro atoms. The van der Waals surface area contributed by atoms with E-state index >= 15 is 0 Å². The van der Waals surface area contributed by atoms with Crippen LogP contribution in [-0.2, 0) is 11.3 Å². The minimum Gasteiger partial charge on any atom is -0.378 e. The van der Waals surface area contributed by atoms with Crippen molar-refractivity contribution in [2.75, 3.05) is 41.8 Å². The van der Waals surface area contributed by atoms with Crippen molar-refractivity contribution in [1.82, 2.24) is 29.9 Å². The number of rotatable bonds is 5. The summed E-state index contributed by atoms with van der Waals surface area (Å²) in [6, 6.07) is 9.57. The monoisotopic (exact) mass is 499 g/mol. The predicted molar refractivity (Wildman–Crippen MR) is 125 cm³/mol. The average molecular weight is 499 g/mol. The molecule has 1 saturated heterocycles. The van der Waals surface area contributed by atoms with Gasteiger partial charge in [-0.1, -0.05) is 5.21 Å². The molecule has 1 aliphatic heterocycles. The SMILES string of the molecule is O=C(Nc1ccc(-c2nc(N3CCOCC3)c3nnn(CC(F)(F)F)c3n2)cc1)Nc1cccnc1. The Bertz CT molecular complexity index is 1360. The Kier molecular flexibility index (Phi) is 6.33. The largest absolute Gasteiger partial charge is 0.408 e. The third-order valence-corrected chi connectivity index (χ3v) is 5.30. The van der Waals surface area contributed by atoms with Gasteiger partial charge in [0.15, 0.2) is 22.8 Å². The molecule has 1 aromatic carbocycles. The summed E-state index contributed by atoms with van der Waals surface area (Å²) in [5.41, 5.74) is 1.75. The van der Waals surface area contributed by atoms with Crippen LogP contribution in [-0.4, -0.2) is 68.5 Å². The number of pyridine rings is 1. The zero-order valence-electron chi connectivity index (χ0n) is 18.7. The number of carbonyl (C=O) groups excluding carboxylic acids is 1. The Labute approximate surface area is 202 Å². The van der Waals surface area contributed by atoms with Crippen LogP contribution in [0.4, 0.5) is 35.2 Å². The van der Waals surface area contributed by atoms with Gasteiger partial charge in [-0.25, -0.2) is 19.4 Å². The van der Waals surface area contributed by atoms with Gasteiger partial charge < -0.3 is 20.3 Å². The number of nitrogens with zero attached hydrogens (tertiary/aromatic N) is 7. The summed E-state index contributed by atoms with van der Waals surface area (Å²) in [6.07, 6.45) is -1.38. The third kappa shape index (κ3) is 5.33. The molecular weight excluding hydrogens is 479 g/mol. The van der Waals surface area contributed by atoms with Crippen LogP contribution < -0.4 is 15.5 Å². The highest BCUT2D eigenvalue weighted by Crippen LogP contribution is 2.29. The quantitative estimate of drug-likeness (QED) is 0.429. The van der Waals surface area contributed by atoms with Crippen molar-refractivity contribution >= 4 is 34.4 Å². The fourth-order valence-corrected chi connectivity index (χ4v) is 3.68. The molecule has 1 fully saturated rings. The first-order valence-electron chi connectivity index (χ1n) is 10.9. The molecule has 4 aromatic rings. The molecule has 1 aliphatic rings. The third-order valence-electron chi connectivity index (χ3n) is 5.30. The molecule has 36 heavy (non-hydrogen) atoms. The van der Waals surface area contributed by atoms with Gasteiger partial charge in [0.05, 0.1) is 25.1 Å². The van der Waals surface area contributed by atoms with E-state index in [0.29, 0.717) is 49.1 Å². The average Bonchev–Trinajstić information content (AvgIpc) is 3.26. The lowest BCUT2D eigenvalue weighted by atomic mass is 10.2. The molecule has 3 aromatic heterocycles. The number of hydrogen-bond acceptors (Lipinski definition) is 8. The van der Waals surface area contributed by atoms with E-state index in [-0.39, 0.29) is 17.0 Å². The first-order chi connectivity index (χ1) is 17.4. The molecule has 11 nitrogen and oxygen atoms in total. The molecule has 0 bridgehead atoms. The van der Waals surface area contributed by atoms with E-state index in [0.717, 1.165) is 4.68 Å². The summed E-state index contributed by atoms with van der Waals surface area (Å²) in [5, 5.41) is 13.0. The van der Waals surface area contributed by atoms with Crippen LogP contribution >= 0.6 is 0 Å². The number of carbonyl (C=O) groups is 1. The summed E-state index contributed by atoms with van der Waals surface area (Å²) < 4.78 is 45.4. The highest BCUT2D eigenvalue weighted by Gasteiger charge is 2.31. The summed E-state index contributed by atoms with van der Waals surface area (Å²) in [4.78, 5) is 27.0. The standard InChI is InChI=1S/C22H20F3N9O2/c23-22(24,25)13-34-20-17(31-32-34)19(33-8-10-36-11-9-33)29-18(30-20)14-3-5-15(6-4-14)27-21(35)28-16-2-1-7-26-12-16/h1-7,12H,8-11,13H2,(H2,27,28,35). The zero-order chi connectivity index (χ0) is 25.1. The molecule has 2 amide bonds. The van der Waals surface area contributed by atoms with E-state index in [4.69, 9.17) is 4.74 Å². The van der Waals surface area contributed by atoms with Crippen molar-refractivity contribution in [1.29, 1.82) is 0 Å². The van der Waals surface area contributed by atoms with Gasteiger partial charge in [0.25, 0.3) is 0 Å². The van der Waals surface area contributed by atoms with E-state index < -0.39 is 18.8 Å². The van der Waals surface area contributed by atoms with Crippen molar-refractivity contribution in [3.8, 4) is 11.4 Å². The molecule has 0 saturated carbocycles. The number of urea groups is 1. The molecule has 0 radical (unpaired) electrons. The molecule has 0 atom stereocenters. The second-order valence-electron chi connectivity index (χ2n) is 7.90. The molecule has 2 N–H and O–H groups in total. The van der Waals surface area contributed by atoms with Crippen LogP contribution in [0.5, 0.6) is 0 Å². The van der Waals surface area contributed by atoms with Gasteiger partial charge in [-0.05, 0) is 36.4 Å². The summed E-state index contributed by atoms with van der Waals surface area (Å²) in [6.45, 7) is 0.606. The number of morpholine rings is 1. The summed E-state index contributed by atoms with van der Waals surface area (Å²) >= 11 is 0. The summed E-state index contributed by atoms with van der Waals surface area (Å²) in [7, 11) is 0. The first-order valence-corrected chi connectivity index (χ1v) is 10.9. The fourth-order valence-electron chi connectivity index (χ4n) is 3.68. The van der Waals surface area contributed by atoms with Gasteiger partial charge in [-0.2, -0.15) is 13.2 Å². The van der Waals surface area contributed by atoms with E-state index in [9.17, 15) is 18.0 Å². The van der Waals surface area contributed by atoms with Crippen LogP contribution in [0.1, 0.15) is 0 Å². The van der Waals surface area contributed by atoms with Crippen molar-refractivity contribution in [3.63, 3.8) is 0 Å². The van der Waals surface area contributed by atoms with E-state index in [1.165, 1.54) is 6.20 Å². The van der Waals surface area contributed by atoms with E-state index in [1.54, 1.807) is 42.6 Å². The number of nitrogens with one attached hydrogen (secondary N) is 2. The lowest BCUT2D eigenvalue weighted by Crippen LogP contribution is -2.37. The molecule has 0 aliphatic carbocycles. The van der Waals surface area contributed by atoms with Gasteiger partial charge in [0, 0.05) is 30.5 Å². The molecule has 14 heteroatoms. The van der Waals surface area contributed by atoms with Gasteiger partial charge >= 0.3 is 12.2 Å². The molecule has 5 rings (SSSR count). The minimum absolute atomic E-state index is 0.0168. The number of alkyl halides is 3. The van der Waals surface area contributed by atoms with Crippen LogP contribution in [0, 0.1) is 0 Å². The van der Waals surface area contributed by atoms with Crippen molar-refractivity contribution in [2.24, 2.45) is 0 Å². The first kappa shape index (κ1) is 23.4. The number of amides is 2. The Morgan fingerprint density at radius 2 is 1.78 bits per heavy atom. The predicted octanol–water partition coefficient (Wildman–Crippen LogP) is 3.33. The fraction of sp³-hybridized carbons (Fsp3) is 0.273. The van der Waals surface area contributed by atoms with Gasteiger partial charge in [-0.15, -0.1) is 5.10 Å². The lowest BCUT2D eigenvalue weighted by molar-refractivity contribution is -0.142. The van der Waals surface area contributed by atoms with Crippen molar-refractivity contribution in [2.45, 2.75) is 12.7 Å². The number of halogens is 3. The smallest absolute Gasteiger partial charge is 0.378 e. The molecular formula is C22H20F3N9O2. The lowest BCUT2D eigenvalue weighted by Gasteiger charge is -2.28. The highest BCUT2D eigenvalue weighted by molar-refractivity contribution is 5.99. The van der Waals surface area contributed by atoms with E-state index in [1.807, 2.05) is 4.90 Å². The summed E-state index contributed by atoms with van der Waals surface area (Å²) in [5.74, 6) is 0.603. The highest BCUT2D eigenvalue weighted by atomic mass is 19.4. The van der Waals surface area contributed by atoms with Crippen molar-refractivity contribution in [3.05, 3.63) is 48.8 Å². The Balaban J connectivity index is 1.43. The van der Waals surface area contributed by atoms with Crippen LogP contribution in [0.15, 0.2) is 48.8 Å². The van der Waals surface area contributed by atoms with E-state index in [2.05, 4.69) is 35.9 Å². The number of benzene rings is 1. The normalized spacial score (nSPS) is 14.1. The van der Waals surface area contributed by atoms with Gasteiger partial charge in [-0.3, -0.25) is 4.98 Å². The van der Waals surface area contributed by atoms with Gasteiger partial charge in [0.2, 0.25) is 0 Å². The van der Waals surface area contributed by atoms with Crippen LogP contribution in [0.2, 0.25) is 0 Å². The number of anilines is 3. The zero-order valence-corrected chi connectivity index (χ0v) is 18.7. The molecule has 186 valence electrons. The number of aromatic nitrogens is 6. The second-order valence-corrected chi connectivity index (χ2v) is 7.90. The van der Waals surface area contributed by atoms with Gasteiger partial charge in [0.1, 0.15) is 6.54 Å². The topological polar surface area (TPSA) is 123 Å². The maximum absolute atomic E-state index is 13.1. The number of ether oxygens (including phenoxy) is 1. The molecule has 0 unspecified atom stereocenters. The number of hydrogen-bond donors (Lipinski definition) is 2. The second kappa shape index (κ2) is 9.73. The molecule has 4 heterocycles. The maximum Gasteiger partial charge on any atom is 0.408 e. The number of fused-ring (bicyclic) bond motifs is 1. The van der Waals surface area contributed by atoms with Crippen molar-refractivity contribution < 1.29 is 22.7 Å². The van der Waals surface area contributed by atoms with Crippen LogP contribution in [0.25, 0.3) is 22.6 Å². The van der Waals surface area contributed by atoms with Crippen LogP contribution in [0.3, 0.4) is 0 Å². The minimum atomic E-state index is -4.49. The Morgan fingerprint density at radius 1 is 1.03 bits per heavy atom.